The Bertz CT molecular complexity index is 1080. The maximum atomic E-state index is 12.2. The van der Waals surface area contributed by atoms with Crippen LogP contribution in [0.5, 0.6) is 0 Å². The molecule has 7 heteroatoms. The number of benzene rings is 1. The molecule has 122 valence electrons. The first-order valence-electron chi connectivity index (χ1n) is 7.05. The summed E-state index contributed by atoms with van der Waals surface area (Å²) >= 11 is 1.57. The van der Waals surface area contributed by atoms with E-state index in [4.69, 9.17) is 8.94 Å². The molecule has 0 radical (unpaired) electrons. The first-order valence-corrected chi connectivity index (χ1v) is 7.87. The zero-order valence-electron chi connectivity index (χ0n) is 13.0. The van der Waals surface area contributed by atoms with Crippen LogP contribution in [-0.4, -0.2) is 15.6 Å². The SMILES string of the molecule is Cc1ccc2oc(=O)c(-c3nc(-c4ccc(C)s4)no3)cc2c1.O. The number of aromatic nitrogens is 2. The molecular formula is C17H14N2O4S. The highest BCUT2D eigenvalue weighted by Crippen LogP contribution is 2.27. The first-order chi connectivity index (χ1) is 11.1. The minimum absolute atomic E-state index is 0. The standard InChI is InChI=1S/C17H12N2O3S.H2O/c1-9-3-5-13-11(7-9)8-12(17(20)21-13)16-18-15(19-22-16)14-6-4-10(2)23-14;/h3-8H,1-2H3;1H2. The first kappa shape index (κ1) is 16.1. The van der Waals surface area contributed by atoms with Gasteiger partial charge in [-0.25, -0.2) is 4.79 Å². The average Bonchev–Trinajstić information content (AvgIpc) is 3.16. The molecular weight excluding hydrogens is 328 g/mol. The van der Waals surface area contributed by atoms with E-state index in [1.165, 1.54) is 0 Å². The lowest BCUT2D eigenvalue weighted by atomic mass is 10.1. The van der Waals surface area contributed by atoms with Gasteiger partial charge in [-0.3, -0.25) is 0 Å². The number of aryl methyl sites for hydroxylation is 2. The number of hydrogen-bond acceptors (Lipinski definition) is 6. The highest BCUT2D eigenvalue weighted by molar-refractivity contribution is 7.15. The number of thiophene rings is 1. The summed E-state index contributed by atoms with van der Waals surface area (Å²) < 4.78 is 10.6. The van der Waals surface area contributed by atoms with Gasteiger partial charge in [0.2, 0.25) is 5.82 Å². The van der Waals surface area contributed by atoms with E-state index < -0.39 is 5.63 Å². The predicted molar refractivity (Wildman–Crippen MR) is 92.2 cm³/mol. The molecule has 6 nitrogen and oxygen atoms in total. The van der Waals surface area contributed by atoms with E-state index in [1.807, 2.05) is 38.1 Å². The molecule has 0 spiro atoms. The van der Waals surface area contributed by atoms with Crippen LogP contribution in [0.15, 0.2) is 50.1 Å². The van der Waals surface area contributed by atoms with Crippen molar-refractivity contribution in [1.29, 1.82) is 0 Å². The molecule has 0 fully saturated rings. The van der Waals surface area contributed by atoms with E-state index in [1.54, 1.807) is 23.5 Å². The third-order valence-corrected chi connectivity index (χ3v) is 4.50. The van der Waals surface area contributed by atoms with Crippen LogP contribution in [0.3, 0.4) is 0 Å². The van der Waals surface area contributed by atoms with Crippen LogP contribution in [-0.2, 0) is 0 Å². The Kier molecular flexibility index (Phi) is 4.04. The van der Waals surface area contributed by atoms with Crippen molar-refractivity contribution in [2.24, 2.45) is 0 Å². The fourth-order valence-corrected chi connectivity index (χ4v) is 3.17. The van der Waals surface area contributed by atoms with Gasteiger partial charge in [0.05, 0.1) is 4.88 Å². The molecule has 1 aromatic carbocycles. The van der Waals surface area contributed by atoms with Gasteiger partial charge < -0.3 is 14.4 Å². The Balaban J connectivity index is 0.00000169. The Morgan fingerprint density at radius 1 is 1.08 bits per heavy atom. The molecule has 0 bridgehead atoms. The minimum atomic E-state index is -0.487. The van der Waals surface area contributed by atoms with Crippen LogP contribution in [0.25, 0.3) is 33.1 Å². The van der Waals surface area contributed by atoms with E-state index >= 15 is 0 Å². The third-order valence-electron chi connectivity index (χ3n) is 3.50. The van der Waals surface area contributed by atoms with Crippen molar-refractivity contribution >= 4 is 22.3 Å². The van der Waals surface area contributed by atoms with Gasteiger partial charge >= 0.3 is 5.63 Å². The fourth-order valence-electron chi connectivity index (χ4n) is 2.38. The molecule has 3 aromatic heterocycles. The van der Waals surface area contributed by atoms with Crippen LogP contribution >= 0.6 is 11.3 Å². The molecule has 4 aromatic rings. The Hall–Kier alpha value is -2.77. The summed E-state index contributed by atoms with van der Waals surface area (Å²) in [5.74, 6) is 0.644. The highest BCUT2D eigenvalue weighted by atomic mass is 32.1. The average molecular weight is 342 g/mol. The lowest BCUT2D eigenvalue weighted by molar-refractivity contribution is 0.429. The minimum Gasteiger partial charge on any atom is -0.422 e. The number of rotatable bonds is 2. The second kappa shape index (κ2) is 6.03. The number of fused-ring (bicyclic) bond motifs is 1. The molecule has 2 N–H and O–H groups in total. The molecule has 3 heterocycles. The van der Waals surface area contributed by atoms with E-state index in [9.17, 15) is 4.79 Å². The van der Waals surface area contributed by atoms with Crippen molar-refractivity contribution in [2.45, 2.75) is 13.8 Å². The van der Waals surface area contributed by atoms with Gasteiger partial charge in [-0.15, -0.1) is 11.3 Å². The van der Waals surface area contributed by atoms with Crippen molar-refractivity contribution in [3.8, 4) is 22.2 Å². The smallest absolute Gasteiger partial charge is 0.349 e. The Morgan fingerprint density at radius 3 is 2.67 bits per heavy atom. The molecule has 0 amide bonds. The van der Waals surface area contributed by atoms with Gasteiger partial charge in [-0.1, -0.05) is 16.8 Å². The molecule has 0 aliphatic rings. The van der Waals surface area contributed by atoms with Gasteiger partial charge in [0, 0.05) is 10.3 Å². The fraction of sp³-hybridized carbons (Fsp3) is 0.118. The summed E-state index contributed by atoms with van der Waals surface area (Å²) in [6.07, 6.45) is 0. The Labute approximate surface area is 140 Å². The lowest BCUT2D eigenvalue weighted by Gasteiger charge is -1.99. The van der Waals surface area contributed by atoms with Gasteiger partial charge in [-0.2, -0.15) is 4.98 Å². The Morgan fingerprint density at radius 2 is 1.92 bits per heavy atom. The van der Waals surface area contributed by atoms with Crippen LogP contribution < -0.4 is 5.63 Å². The summed E-state index contributed by atoms with van der Waals surface area (Å²) in [6.45, 7) is 3.99. The summed E-state index contributed by atoms with van der Waals surface area (Å²) in [5.41, 5.74) is 1.41. The molecule has 0 saturated heterocycles. The zero-order chi connectivity index (χ0) is 16.0. The second-order valence-corrected chi connectivity index (χ2v) is 6.61. The van der Waals surface area contributed by atoms with Crippen molar-refractivity contribution in [3.63, 3.8) is 0 Å². The van der Waals surface area contributed by atoms with Crippen molar-refractivity contribution in [1.82, 2.24) is 10.1 Å². The normalized spacial score (nSPS) is 10.8. The van der Waals surface area contributed by atoms with Gasteiger partial charge in [0.25, 0.3) is 5.89 Å². The quantitative estimate of drug-likeness (QED) is 0.520. The van der Waals surface area contributed by atoms with Crippen molar-refractivity contribution in [3.05, 3.63) is 57.3 Å². The van der Waals surface area contributed by atoms with Crippen LogP contribution in [0.4, 0.5) is 0 Å². The largest absolute Gasteiger partial charge is 0.422 e. The van der Waals surface area contributed by atoms with E-state index in [0.29, 0.717) is 11.4 Å². The molecule has 0 atom stereocenters. The summed E-state index contributed by atoms with van der Waals surface area (Å²) in [4.78, 5) is 18.6. The van der Waals surface area contributed by atoms with E-state index in [0.717, 1.165) is 20.7 Å². The summed E-state index contributed by atoms with van der Waals surface area (Å²) in [6, 6.07) is 11.3. The van der Waals surface area contributed by atoms with Gasteiger partial charge in [0.1, 0.15) is 11.1 Å². The molecule has 0 aliphatic heterocycles. The maximum absolute atomic E-state index is 12.2. The summed E-state index contributed by atoms with van der Waals surface area (Å²) in [7, 11) is 0. The molecule has 0 saturated carbocycles. The van der Waals surface area contributed by atoms with Crippen molar-refractivity contribution in [2.75, 3.05) is 0 Å². The molecule has 0 aliphatic carbocycles. The highest BCUT2D eigenvalue weighted by Gasteiger charge is 2.16. The van der Waals surface area contributed by atoms with E-state index in [-0.39, 0.29) is 16.9 Å². The van der Waals surface area contributed by atoms with Crippen LogP contribution in [0.2, 0.25) is 0 Å². The van der Waals surface area contributed by atoms with Crippen molar-refractivity contribution < 1.29 is 14.4 Å². The van der Waals surface area contributed by atoms with Crippen LogP contribution in [0.1, 0.15) is 10.4 Å². The second-order valence-electron chi connectivity index (χ2n) is 5.32. The number of hydrogen-bond donors (Lipinski definition) is 0. The predicted octanol–water partition coefficient (Wildman–Crippen LogP) is 3.36. The van der Waals surface area contributed by atoms with Gasteiger partial charge in [-0.05, 0) is 44.2 Å². The zero-order valence-corrected chi connectivity index (χ0v) is 13.8. The number of nitrogens with zero attached hydrogens (tertiary/aromatic N) is 2. The van der Waals surface area contributed by atoms with E-state index in [2.05, 4.69) is 10.1 Å². The monoisotopic (exact) mass is 342 g/mol. The molecule has 4 rings (SSSR count). The topological polar surface area (TPSA) is 101 Å². The summed E-state index contributed by atoms with van der Waals surface area (Å²) in [5, 5.41) is 4.78. The lowest BCUT2D eigenvalue weighted by Crippen LogP contribution is -2.02. The third kappa shape index (κ3) is 2.75. The van der Waals surface area contributed by atoms with Gasteiger partial charge in [0.15, 0.2) is 0 Å². The molecule has 24 heavy (non-hydrogen) atoms. The molecule has 0 unspecified atom stereocenters. The maximum Gasteiger partial charge on any atom is 0.349 e. The van der Waals surface area contributed by atoms with Crippen LogP contribution in [0, 0.1) is 13.8 Å².